The van der Waals surface area contributed by atoms with E-state index in [0.29, 0.717) is 12.1 Å². The van der Waals surface area contributed by atoms with Crippen LogP contribution in [0, 0.1) is 5.82 Å². The Morgan fingerprint density at radius 1 is 1.42 bits per heavy atom. The number of aliphatic hydroxyl groups excluding tert-OH is 1. The third kappa shape index (κ3) is 4.96. The van der Waals surface area contributed by atoms with Gasteiger partial charge in [0.1, 0.15) is 5.82 Å². The number of benzene rings is 1. The van der Waals surface area contributed by atoms with Gasteiger partial charge in [0.25, 0.3) is 0 Å². The van der Waals surface area contributed by atoms with Gasteiger partial charge in [-0.25, -0.2) is 4.39 Å². The third-order valence-electron chi connectivity index (χ3n) is 2.96. The number of rotatable bonds is 7. The summed E-state index contributed by atoms with van der Waals surface area (Å²) in [6.45, 7) is 4.40. The second kappa shape index (κ2) is 6.63. The van der Waals surface area contributed by atoms with Crippen LogP contribution in [0.2, 0.25) is 0 Å². The molecule has 0 amide bonds. The zero-order chi connectivity index (χ0) is 14.5. The zero-order valence-corrected chi connectivity index (χ0v) is 11.2. The van der Waals surface area contributed by atoms with Gasteiger partial charge in [-0.1, -0.05) is 32.0 Å². The highest BCUT2D eigenvalue weighted by Gasteiger charge is 2.23. The van der Waals surface area contributed by atoms with Crippen molar-refractivity contribution in [1.82, 2.24) is 5.32 Å². The van der Waals surface area contributed by atoms with E-state index in [2.05, 4.69) is 5.32 Å². The molecule has 0 spiro atoms. The van der Waals surface area contributed by atoms with Crippen molar-refractivity contribution >= 4 is 5.97 Å². The maximum atomic E-state index is 13.7. The first-order valence-corrected chi connectivity index (χ1v) is 6.18. The van der Waals surface area contributed by atoms with Crippen molar-refractivity contribution < 1.29 is 19.4 Å². The predicted molar refractivity (Wildman–Crippen MR) is 70.6 cm³/mol. The molecule has 0 bridgehead atoms. The van der Waals surface area contributed by atoms with Crippen LogP contribution in [-0.4, -0.2) is 35.4 Å². The van der Waals surface area contributed by atoms with Gasteiger partial charge in [-0.15, -0.1) is 0 Å². The van der Waals surface area contributed by atoms with Crippen molar-refractivity contribution in [3.8, 4) is 0 Å². The summed E-state index contributed by atoms with van der Waals surface area (Å²) in [6.07, 6.45) is -1.23. The fourth-order valence-corrected chi connectivity index (χ4v) is 1.93. The molecule has 0 fully saturated rings. The molecule has 1 aromatic rings. The van der Waals surface area contributed by atoms with E-state index < -0.39 is 17.5 Å². The molecule has 0 aliphatic carbocycles. The molecule has 0 aromatic heterocycles. The Morgan fingerprint density at radius 2 is 2.05 bits per heavy atom. The molecule has 0 aliphatic heterocycles. The van der Waals surface area contributed by atoms with Gasteiger partial charge in [0.05, 0.1) is 12.5 Å². The zero-order valence-electron chi connectivity index (χ0n) is 11.2. The van der Waals surface area contributed by atoms with Crippen LogP contribution in [0.3, 0.4) is 0 Å². The first kappa shape index (κ1) is 15.6. The Balaban J connectivity index is 2.52. The number of aliphatic hydroxyl groups is 1. The summed E-state index contributed by atoms with van der Waals surface area (Å²) in [5, 5.41) is 20.9. The van der Waals surface area contributed by atoms with Gasteiger partial charge >= 0.3 is 5.97 Å². The topological polar surface area (TPSA) is 69.6 Å². The molecule has 0 aliphatic rings. The van der Waals surface area contributed by atoms with E-state index >= 15 is 0 Å². The minimum absolute atomic E-state index is 0.171. The van der Waals surface area contributed by atoms with Crippen LogP contribution >= 0.6 is 0 Å². The summed E-state index contributed by atoms with van der Waals surface area (Å²) >= 11 is 0. The fourth-order valence-electron chi connectivity index (χ4n) is 1.93. The molecule has 1 atom stereocenters. The molecule has 106 valence electrons. The van der Waals surface area contributed by atoms with Crippen LogP contribution in [0.25, 0.3) is 0 Å². The lowest BCUT2D eigenvalue weighted by Gasteiger charge is -2.26. The second-order valence-electron chi connectivity index (χ2n) is 5.25. The maximum absolute atomic E-state index is 13.7. The standard InChI is InChI=1S/C14H20FNO3/c1-14(2,11-5-3-4-6-12(11)15)9-16-8-10(17)7-13(18)19/h3-6,10,16-17H,7-9H2,1-2H3,(H,18,19). The second-order valence-corrected chi connectivity index (χ2v) is 5.25. The van der Waals surface area contributed by atoms with Crippen LogP contribution in [-0.2, 0) is 10.2 Å². The quantitative estimate of drug-likeness (QED) is 0.702. The summed E-state index contributed by atoms with van der Waals surface area (Å²) in [5.74, 6) is -1.30. The van der Waals surface area contributed by atoms with E-state index in [1.54, 1.807) is 18.2 Å². The van der Waals surface area contributed by atoms with Gasteiger partial charge < -0.3 is 15.5 Å². The summed E-state index contributed by atoms with van der Waals surface area (Å²) in [7, 11) is 0. The van der Waals surface area contributed by atoms with E-state index in [9.17, 15) is 14.3 Å². The summed E-state index contributed by atoms with van der Waals surface area (Å²) in [5.41, 5.74) is 0.157. The van der Waals surface area contributed by atoms with Gasteiger partial charge in [0.15, 0.2) is 0 Å². The largest absolute Gasteiger partial charge is 0.481 e. The highest BCUT2D eigenvalue weighted by Crippen LogP contribution is 2.24. The van der Waals surface area contributed by atoms with Gasteiger partial charge in [-0.05, 0) is 11.6 Å². The number of carbonyl (C=O) groups is 1. The minimum atomic E-state index is -1.04. The van der Waals surface area contributed by atoms with Crippen molar-refractivity contribution in [2.75, 3.05) is 13.1 Å². The summed E-state index contributed by atoms with van der Waals surface area (Å²) < 4.78 is 13.7. The van der Waals surface area contributed by atoms with Crippen LogP contribution in [0.1, 0.15) is 25.8 Å². The van der Waals surface area contributed by atoms with Crippen LogP contribution < -0.4 is 5.32 Å². The van der Waals surface area contributed by atoms with Crippen molar-refractivity contribution in [2.45, 2.75) is 31.8 Å². The van der Waals surface area contributed by atoms with E-state index in [-0.39, 0.29) is 18.8 Å². The summed E-state index contributed by atoms with van der Waals surface area (Å²) in [6, 6.07) is 6.56. The number of aliphatic carboxylic acids is 1. The number of hydrogen-bond donors (Lipinski definition) is 3. The average molecular weight is 269 g/mol. The normalized spacial score (nSPS) is 13.3. The number of hydrogen-bond acceptors (Lipinski definition) is 3. The van der Waals surface area contributed by atoms with Gasteiger partial charge in [-0.2, -0.15) is 0 Å². The van der Waals surface area contributed by atoms with Crippen LogP contribution in [0.4, 0.5) is 4.39 Å². The molecule has 4 nitrogen and oxygen atoms in total. The van der Waals surface area contributed by atoms with Crippen molar-refractivity contribution in [1.29, 1.82) is 0 Å². The van der Waals surface area contributed by atoms with E-state index in [4.69, 9.17) is 5.11 Å². The van der Waals surface area contributed by atoms with Crippen LogP contribution in [0.5, 0.6) is 0 Å². The lowest BCUT2D eigenvalue weighted by Crippen LogP contribution is -2.38. The molecule has 1 unspecified atom stereocenters. The minimum Gasteiger partial charge on any atom is -0.481 e. The molecular formula is C14H20FNO3. The molecule has 0 saturated carbocycles. The molecule has 5 heteroatoms. The lowest BCUT2D eigenvalue weighted by atomic mass is 9.84. The van der Waals surface area contributed by atoms with Gasteiger partial charge in [0.2, 0.25) is 0 Å². The highest BCUT2D eigenvalue weighted by atomic mass is 19.1. The molecule has 0 heterocycles. The molecule has 3 N–H and O–H groups in total. The Bertz CT molecular complexity index is 434. The Hall–Kier alpha value is -1.46. The highest BCUT2D eigenvalue weighted by molar-refractivity contribution is 5.67. The first-order chi connectivity index (χ1) is 8.83. The predicted octanol–water partition coefficient (Wildman–Crippen LogP) is 1.53. The van der Waals surface area contributed by atoms with Crippen LogP contribution in [0.15, 0.2) is 24.3 Å². The average Bonchev–Trinajstić information content (AvgIpc) is 2.27. The number of carboxylic acids is 1. The summed E-state index contributed by atoms with van der Waals surface area (Å²) in [4.78, 5) is 10.4. The molecular weight excluding hydrogens is 249 g/mol. The third-order valence-corrected chi connectivity index (χ3v) is 2.96. The molecule has 19 heavy (non-hydrogen) atoms. The molecule has 0 saturated heterocycles. The van der Waals surface area contributed by atoms with Crippen molar-refractivity contribution in [2.24, 2.45) is 0 Å². The SMILES string of the molecule is CC(C)(CNCC(O)CC(=O)O)c1ccccc1F. The van der Waals surface area contributed by atoms with Gasteiger partial charge in [0, 0.05) is 18.5 Å². The molecule has 1 rings (SSSR count). The number of halogens is 1. The fraction of sp³-hybridized carbons (Fsp3) is 0.500. The van der Waals surface area contributed by atoms with Gasteiger partial charge in [-0.3, -0.25) is 4.79 Å². The molecule has 1 aromatic carbocycles. The van der Waals surface area contributed by atoms with E-state index in [1.807, 2.05) is 13.8 Å². The smallest absolute Gasteiger partial charge is 0.306 e. The maximum Gasteiger partial charge on any atom is 0.306 e. The Kier molecular flexibility index (Phi) is 5.44. The number of carboxylic acid groups (broad SMARTS) is 1. The Morgan fingerprint density at radius 3 is 2.63 bits per heavy atom. The van der Waals surface area contributed by atoms with E-state index in [1.165, 1.54) is 6.07 Å². The van der Waals surface area contributed by atoms with Crippen molar-refractivity contribution in [3.05, 3.63) is 35.6 Å². The first-order valence-electron chi connectivity index (χ1n) is 6.18. The lowest BCUT2D eigenvalue weighted by molar-refractivity contribution is -0.139. The Labute approximate surface area is 112 Å². The number of nitrogens with one attached hydrogen (secondary N) is 1. The monoisotopic (exact) mass is 269 g/mol. The van der Waals surface area contributed by atoms with Crippen molar-refractivity contribution in [3.63, 3.8) is 0 Å². The molecule has 0 radical (unpaired) electrons. The van der Waals surface area contributed by atoms with E-state index in [0.717, 1.165) is 0 Å².